The number of hydrogen-bond acceptors (Lipinski definition) is 3. The number of carbonyl (C=O) groups is 2. The molecule has 1 aliphatic rings. The van der Waals surface area contributed by atoms with Crippen molar-refractivity contribution in [3.05, 3.63) is 59.4 Å². The molecule has 2 aromatic carbocycles. The molecule has 4 N–H and O–H groups in total. The fourth-order valence-electron chi connectivity index (χ4n) is 2.93. The van der Waals surface area contributed by atoms with Crippen molar-refractivity contribution in [2.45, 2.75) is 32.4 Å². The average molecular weight is 370 g/mol. The topological polar surface area (TPSA) is 82.3 Å². The van der Waals surface area contributed by atoms with Crippen LogP contribution in [0.25, 0.3) is 0 Å². The van der Waals surface area contributed by atoms with Crippen molar-refractivity contribution < 1.29 is 14.0 Å². The number of urea groups is 1. The smallest absolute Gasteiger partial charge is 0.320 e. The molecular formula is C20H23FN4O2. The molecular weight excluding hydrogens is 347 g/mol. The highest BCUT2D eigenvalue weighted by Gasteiger charge is 2.30. The Hall–Kier alpha value is -2.93. The number of benzene rings is 2. The number of amides is 3. The van der Waals surface area contributed by atoms with Gasteiger partial charge in [-0.3, -0.25) is 4.79 Å². The van der Waals surface area contributed by atoms with Crippen LogP contribution in [0.2, 0.25) is 0 Å². The Morgan fingerprint density at radius 2 is 1.81 bits per heavy atom. The van der Waals surface area contributed by atoms with Crippen LogP contribution in [0.1, 0.15) is 25.0 Å². The van der Waals surface area contributed by atoms with Gasteiger partial charge in [0, 0.05) is 12.2 Å². The normalized spacial score (nSPS) is 13.4. The third kappa shape index (κ3) is 4.43. The van der Waals surface area contributed by atoms with Crippen molar-refractivity contribution in [2.24, 2.45) is 0 Å². The van der Waals surface area contributed by atoms with Crippen LogP contribution in [0.15, 0.2) is 42.5 Å². The lowest BCUT2D eigenvalue weighted by molar-refractivity contribution is -0.120. The van der Waals surface area contributed by atoms with Crippen molar-refractivity contribution >= 4 is 23.3 Å². The van der Waals surface area contributed by atoms with Gasteiger partial charge in [0.2, 0.25) is 5.91 Å². The van der Waals surface area contributed by atoms with E-state index in [1.54, 1.807) is 44.2 Å². The molecule has 0 spiro atoms. The van der Waals surface area contributed by atoms with Crippen LogP contribution in [-0.4, -0.2) is 24.0 Å². The van der Waals surface area contributed by atoms with E-state index in [9.17, 15) is 14.0 Å². The third-order valence-corrected chi connectivity index (χ3v) is 4.48. The molecule has 142 valence electrons. The minimum Gasteiger partial charge on any atom is -0.324 e. The van der Waals surface area contributed by atoms with Crippen LogP contribution in [-0.2, 0) is 17.8 Å². The lowest BCUT2D eigenvalue weighted by Gasteiger charge is -2.26. The SMILES string of the molecule is CC(C)(NC(=O)Nc1ccccc1)C(=O)Nc1ccc2c(c1F)CCNC2. The Bertz CT molecular complexity index is 853. The summed E-state index contributed by atoms with van der Waals surface area (Å²) in [5.74, 6) is -0.912. The first-order valence-electron chi connectivity index (χ1n) is 8.83. The van der Waals surface area contributed by atoms with Gasteiger partial charge in [0.25, 0.3) is 0 Å². The van der Waals surface area contributed by atoms with Gasteiger partial charge in [0.1, 0.15) is 11.4 Å². The van der Waals surface area contributed by atoms with E-state index < -0.39 is 23.3 Å². The molecule has 0 unspecified atom stereocenters. The van der Waals surface area contributed by atoms with Gasteiger partial charge in [-0.25, -0.2) is 9.18 Å². The number of carbonyl (C=O) groups excluding carboxylic acids is 2. The van der Waals surface area contributed by atoms with Gasteiger partial charge in [0.15, 0.2) is 0 Å². The van der Waals surface area contributed by atoms with Crippen LogP contribution in [0, 0.1) is 5.82 Å². The number of nitrogens with one attached hydrogen (secondary N) is 4. The van der Waals surface area contributed by atoms with Crippen molar-refractivity contribution in [3.8, 4) is 0 Å². The van der Waals surface area contributed by atoms with Crippen LogP contribution < -0.4 is 21.3 Å². The first-order chi connectivity index (χ1) is 12.9. The molecule has 0 aromatic heterocycles. The van der Waals surface area contributed by atoms with E-state index >= 15 is 0 Å². The molecule has 3 rings (SSSR count). The maximum Gasteiger partial charge on any atom is 0.320 e. The molecule has 0 saturated carbocycles. The Labute approximate surface area is 157 Å². The molecule has 1 heterocycles. The van der Waals surface area contributed by atoms with Crippen LogP contribution >= 0.6 is 0 Å². The maximum absolute atomic E-state index is 14.7. The van der Waals surface area contributed by atoms with E-state index in [2.05, 4.69) is 21.3 Å². The molecule has 27 heavy (non-hydrogen) atoms. The minimum atomic E-state index is -1.23. The summed E-state index contributed by atoms with van der Waals surface area (Å²) < 4.78 is 14.7. The lowest BCUT2D eigenvalue weighted by atomic mass is 9.99. The van der Waals surface area contributed by atoms with Crippen molar-refractivity contribution in [1.29, 1.82) is 0 Å². The largest absolute Gasteiger partial charge is 0.324 e. The molecule has 0 bridgehead atoms. The highest BCUT2D eigenvalue weighted by Crippen LogP contribution is 2.25. The van der Waals surface area contributed by atoms with E-state index in [1.165, 1.54) is 0 Å². The second-order valence-electron chi connectivity index (χ2n) is 7.02. The van der Waals surface area contributed by atoms with Crippen LogP contribution in [0.3, 0.4) is 0 Å². The number of halogens is 1. The molecule has 7 heteroatoms. The van der Waals surface area contributed by atoms with Crippen molar-refractivity contribution in [1.82, 2.24) is 10.6 Å². The quantitative estimate of drug-likeness (QED) is 0.668. The van der Waals surface area contributed by atoms with Gasteiger partial charge < -0.3 is 21.3 Å². The van der Waals surface area contributed by atoms with Gasteiger partial charge in [0.05, 0.1) is 5.69 Å². The average Bonchev–Trinajstić information content (AvgIpc) is 2.64. The van der Waals surface area contributed by atoms with Crippen molar-refractivity contribution in [2.75, 3.05) is 17.2 Å². The Balaban J connectivity index is 1.66. The lowest BCUT2D eigenvalue weighted by Crippen LogP contribution is -2.53. The molecule has 0 fully saturated rings. The third-order valence-electron chi connectivity index (χ3n) is 4.48. The molecule has 0 atom stereocenters. The highest BCUT2D eigenvalue weighted by molar-refractivity contribution is 6.01. The Kier molecular flexibility index (Phi) is 5.41. The fourth-order valence-corrected chi connectivity index (χ4v) is 2.93. The zero-order chi connectivity index (χ0) is 19.4. The predicted molar refractivity (Wildman–Crippen MR) is 103 cm³/mol. The van der Waals surface area contributed by atoms with Gasteiger partial charge in [-0.15, -0.1) is 0 Å². The Morgan fingerprint density at radius 3 is 2.56 bits per heavy atom. The molecule has 0 aliphatic carbocycles. The van der Waals surface area contributed by atoms with E-state index in [0.29, 0.717) is 30.8 Å². The maximum atomic E-state index is 14.7. The van der Waals surface area contributed by atoms with Gasteiger partial charge >= 0.3 is 6.03 Å². The summed E-state index contributed by atoms with van der Waals surface area (Å²) in [6.45, 7) is 4.45. The van der Waals surface area contributed by atoms with Crippen molar-refractivity contribution in [3.63, 3.8) is 0 Å². The number of para-hydroxylation sites is 1. The predicted octanol–water partition coefficient (Wildman–Crippen LogP) is 3.01. The molecule has 0 saturated heterocycles. The highest BCUT2D eigenvalue weighted by atomic mass is 19.1. The summed E-state index contributed by atoms with van der Waals surface area (Å²) in [7, 11) is 0. The van der Waals surface area contributed by atoms with Crippen LogP contribution in [0.5, 0.6) is 0 Å². The first kappa shape index (κ1) is 18.8. The monoisotopic (exact) mass is 370 g/mol. The zero-order valence-corrected chi connectivity index (χ0v) is 15.4. The van der Waals surface area contributed by atoms with Gasteiger partial charge in [-0.05, 0) is 56.1 Å². The Morgan fingerprint density at radius 1 is 1.07 bits per heavy atom. The van der Waals surface area contributed by atoms with E-state index in [0.717, 1.165) is 5.56 Å². The standard InChI is InChI=1S/C20H23FN4O2/c1-20(2,25-19(27)23-14-6-4-3-5-7-14)18(26)24-16-9-8-13-12-22-11-10-15(13)17(16)21/h3-9,22H,10-12H2,1-2H3,(H,24,26)(H2,23,25,27). The second-order valence-corrected chi connectivity index (χ2v) is 7.02. The second kappa shape index (κ2) is 7.75. The summed E-state index contributed by atoms with van der Waals surface area (Å²) in [5, 5.41) is 11.0. The first-order valence-corrected chi connectivity index (χ1v) is 8.83. The molecule has 3 amide bonds. The number of rotatable bonds is 4. The number of anilines is 2. The van der Waals surface area contributed by atoms with Gasteiger partial charge in [-0.1, -0.05) is 24.3 Å². The minimum absolute atomic E-state index is 0.124. The summed E-state index contributed by atoms with van der Waals surface area (Å²) in [6.07, 6.45) is 0.575. The summed E-state index contributed by atoms with van der Waals surface area (Å²) in [6, 6.07) is 11.8. The summed E-state index contributed by atoms with van der Waals surface area (Å²) in [5.41, 5.74) is 1.03. The molecule has 2 aromatic rings. The van der Waals surface area contributed by atoms with E-state index in [4.69, 9.17) is 0 Å². The molecule has 6 nitrogen and oxygen atoms in total. The molecule has 0 radical (unpaired) electrons. The number of hydrogen-bond donors (Lipinski definition) is 4. The van der Waals surface area contributed by atoms with Crippen LogP contribution in [0.4, 0.5) is 20.6 Å². The summed E-state index contributed by atoms with van der Waals surface area (Å²) >= 11 is 0. The summed E-state index contributed by atoms with van der Waals surface area (Å²) in [4.78, 5) is 24.8. The fraction of sp³-hybridized carbons (Fsp3) is 0.300. The van der Waals surface area contributed by atoms with E-state index in [-0.39, 0.29) is 5.69 Å². The molecule has 1 aliphatic heterocycles. The van der Waals surface area contributed by atoms with E-state index in [1.807, 2.05) is 12.1 Å². The zero-order valence-electron chi connectivity index (χ0n) is 15.4. The number of fused-ring (bicyclic) bond motifs is 1. The van der Waals surface area contributed by atoms with Gasteiger partial charge in [-0.2, -0.15) is 0 Å².